The van der Waals surface area contributed by atoms with Gasteiger partial charge in [-0.15, -0.1) is 0 Å². The number of nitrogens with one attached hydrogen (secondary N) is 1. The number of aromatic nitrogens is 2. The molecule has 1 aromatic rings. The largest absolute Gasteiger partial charge is 0.435 e. The van der Waals surface area contributed by atoms with Crippen LogP contribution in [-0.2, 0) is 19.8 Å². The molecule has 2 heterocycles. The van der Waals surface area contributed by atoms with Crippen LogP contribution in [0.1, 0.15) is 32.0 Å². The fourth-order valence-corrected chi connectivity index (χ4v) is 3.14. The highest BCUT2D eigenvalue weighted by Gasteiger charge is 2.36. The number of rotatable bonds is 5. The lowest BCUT2D eigenvalue weighted by Crippen LogP contribution is -2.53. The van der Waals surface area contributed by atoms with Gasteiger partial charge in [-0.25, -0.2) is 4.99 Å². The first-order valence-corrected chi connectivity index (χ1v) is 9.06. The molecule has 148 valence electrons. The number of hydrogen-bond donors (Lipinski definition) is 1. The van der Waals surface area contributed by atoms with Crippen molar-refractivity contribution in [1.29, 1.82) is 0 Å². The quantitative estimate of drug-likeness (QED) is 0.634. The molecular formula is C17H29F3N6. The maximum atomic E-state index is 13.1. The zero-order chi connectivity index (χ0) is 19.3. The highest BCUT2D eigenvalue weighted by molar-refractivity contribution is 5.80. The molecule has 0 atom stereocenters. The van der Waals surface area contributed by atoms with E-state index in [4.69, 9.17) is 0 Å². The lowest BCUT2D eigenvalue weighted by Gasteiger charge is -2.37. The van der Waals surface area contributed by atoms with Gasteiger partial charge < -0.3 is 10.2 Å². The molecule has 26 heavy (non-hydrogen) atoms. The Labute approximate surface area is 153 Å². The molecule has 1 saturated heterocycles. The van der Waals surface area contributed by atoms with Crippen LogP contribution in [-0.4, -0.2) is 64.8 Å². The van der Waals surface area contributed by atoms with E-state index in [0.717, 1.165) is 32.7 Å². The van der Waals surface area contributed by atoms with Crippen LogP contribution in [0.4, 0.5) is 13.2 Å². The van der Waals surface area contributed by atoms with Crippen molar-refractivity contribution >= 4 is 5.96 Å². The van der Waals surface area contributed by atoms with E-state index in [2.05, 4.69) is 39.1 Å². The molecule has 0 amide bonds. The van der Waals surface area contributed by atoms with Crippen molar-refractivity contribution in [3.8, 4) is 0 Å². The summed E-state index contributed by atoms with van der Waals surface area (Å²) >= 11 is 0. The van der Waals surface area contributed by atoms with Crippen molar-refractivity contribution in [3.05, 3.63) is 17.5 Å². The summed E-state index contributed by atoms with van der Waals surface area (Å²) in [6.07, 6.45) is -3.08. The average molecular weight is 374 g/mol. The van der Waals surface area contributed by atoms with Crippen LogP contribution in [0, 0.1) is 5.92 Å². The molecule has 1 aliphatic rings. The Kier molecular flexibility index (Phi) is 6.91. The minimum Gasteiger partial charge on any atom is -0.357 e. The van der Waals surface area contributed by atoms with Crippen molar-refractivity contribution in [1.82, 2.24) is 24.9 Å². The first-order chi connectivity index (χ1) is 12.2. The Hall–Kier alpha value is -1.77. The smallest absolute Gasteiger partial charge is 0.357 e. The van der Waals surface area contributed by atoms with Gasteiger partial charge in [-0.2, -0.15) is 18.3 Å². The predicted octanol–water partition coefficient (Wildman–Crippen LogP) is 2.18. The van der Waals surface area contributed by atoms with E-state index in [-0.39, 0.29) is 12.1 Å². The molecule has 0 spiro atoms. The van der Waals surface area contributed by atoms with Crippen LogP contribution in [0.5, 0.6) is 0 Å². The highest BCUT2D eigenvalue weighted by atomic mass is 19.4. The lowest BCUT2D eigenvalue weighted by molar-refractivity contribution is -0.142. The Morgan fingerprint density at radius 2 is 1.92 bits per heavy atom. The normalized spacial score (nSPS) is 17.2. The van der Waals surface area contributed by atoms with Crippen LogP contribution in [0.3, 0.4) is 0 Å². The molecule has 1 aliphatic heterocycles. The Bertz CT molecular complexity index is 600. The van der Waals surface area contributed by atoms with Crippen LogP contribution in [0.25, 0.3) is 0 Å². The van der Waals surface area contributed by atoms with Crippen molar-refractivity contribution < 1.29 is 13.2 Å². The molecule has 2 rings (SSSR count). The van der Waals surface area contributed by atoms with E-state index in [1.54, 1.807) is 0 Å². The monoisotopic (exact) mass is 374 g/mol. The maximum absolute atomic E-state index is 13.1. The molecule has 0 aromatic carbocycles. The second-order valence-corrected chi connectivity index (χ2v) is 7.03. The van der Waals surface area contributed by atoms with Gasteiger partial charge in [0.05, 0.1) is 6.54 Å². The van der Waals surface area contributed by atoms with Crippen LogP contribution in [0.2, 0.25) is 0 Å². The van der Waals surface area contributed by atoms with Crippen molar-refractivity contribution in [2.24, 2.45) is 18.0 Å². The number of hydrogen-bond acceptors (Lipinski definition) is 3. The topological polar surface area (TPSA) is 48.7 Å². The van der Waals surface area contributed by atoms with E-state index in [1.807, 2.05) is 6.92 Å². The summed E-state index contributed by atoms with van der Waals surface area (Å²) in [6.45, 7) is 11.5. The maximum Gasteiger partial charge on any atom is 0.435 e. The summed E-state index contributed by atoms with van der Waals surface area (Å²) < 4.78 is 40.4. The summed E-state index contributed by atoms with van der Waals surface area (Å²) in [4.78, 5) is 8.97. The Morgan fingerprint density at radius 3 is 2.46 bits per heavy atom. The molecule has 9 heteroatoms. The minimum absolute atomic E-state index is 0.0444. The van der Waals surface area contributed by atoms with E-state index in [0.29, 0.717) is 18.4 Å². The lowest BCUT2D eigenvalue weighted by atomic mass is 10.2. The zero-order valence-corrected chi connectivity index (χ0v) is 16.0. The second-order valence-electron chi connectivity index (χ2n) is 7.03. The molecule has 1 fully saturated rings. The molecule has 0 bridgehead atoms. The number of aryl methyl sites for hydroxylation is 1. The third kappa shape index (κ3) is 5.62. The molecule has 1 N–H and O–H groups in total. The molecule has 0 radical (unpaired) electrons. The van der Waals surface area contributed by atoms with Gasteiger partial charge in [0.25, 0.3) is 0 Å². The molecule has 0 saturated carbocycles. The number of aliphatic imine (C=N–C) groups is 1. The van der Waals surface area contributed by atoms with Gasteiger partial charge in [0.15, 0.2) is 11.7 Å². The van der Waals surface area contributed by atoms with Crippen molar-refractivity contribution in [2.75, 3.05) is 39.3 Å². The van der Waals surface area contributed by atoms with E-state index >= 15 is 0 Å². The first-order valence-electron chi connectivity index (χ1n) is 9.06. The fourth-order valence-electron chi connectivity index (χ4n) is 3.14. The SMILES string of the molecule is CCNC(=NCc1cn(C)nc1C(F)(F)F)N1CCN(CC(C)C)CC1. The molecule has 6 nitrogen and oxygen atoms in total. The Morgan fingerprint density at radius 1 is 1.27 bits per heavy atom. The summed E-state index contributed by atoms with van der Waals surface area (Å²) in [5.41, 5.74) is -0.768. The van der Waals surface area contributed by atoms with E-state index in [9.17, 15) is 13.2 Å². The van der Waals surface area contributed by atoms with Crippen LogP contribution < -0.4 is 5.32 Å². The molecular weight excluding hydrogens is 345 g/mol. The molecule has 0 aliphatic carbocycles. The number of piperazine rings is 1. The first kappa shape index (κ1) is 20.5. The molecule has 0 unspecified atom stereocenters. The summed E-state index contributed by atoms with van der Waals surface area (Å²) in [5.74, 6) is 1.28. The zero-order valence-electron chi connectivity index (χ0n) is 16.0. The van der Waals surface area contributed by atoms with Gasteiger partial charge >= 0.3 is 6.18 Å². The van der Waals surface area contributed by atoms with Crippen molar-refractivity contribution in [2.45, 2.75) is 33.5 Å². The number of nitrogens with zero attached hydrogens (tertiary/aromatic N) is 5. The second kappa shape index (κ2) is 8.75. The Balaban J connectivity index is 2.06. The van der Waals surface area contributed by atoms with Gasteiger partial charge in [-0.3, -0.25) is 9.58 Å². The number of alkyl halides is 3. The fraction of sp³-hybridized carbons (Fsp3) is 0.765. The van der Waals surface area contributed by atoms with Gasteiger partial charge in [0.1, 0.15) is 0 Å². The number of guanidine groups is 1. The minimum atomic E-state index is -4.47. The van der Waals surface area contributed by atoms with Gasteiger partial charge in [-0.05, 0) is 12.8 Å². The van der Waals surface area contributed by atoms with Crippen LogP contribution in [0.15, 0.2) is 11.2 Å². The third-order valence-electron chi connectivity index (χ3n) is 4.20. The van der Waals surface area contributed by atoms with Gasteiger partial charge in [0, 0.05) is 58.1 Å². The van der Waals surface area contributed by atoms with Gasteiger partial charge in [0.2, 0.25) is 0 Å². The summed E-state index contributed by atoms with van der Waals surface area (Å²) in [7, 11) is 1.49. The summed E-state index contributed by atoms with van der Waals surface area (Å²) in [5, 5.41) is 6.73. The highest BCUT2D eigenvalue weighted by Crippen LogP contribution is 2.30. The molecule has 1 aromatic heterocycles. The predicted molar refractivity (Wildman–Crippen MR) is 95.9 cm³/mol. The average Bonchev–Trinajstić information content (AvgIpc) is 2.93. The number of halogens is 3. The van der Waals surface area contributed by atoms with Gasteiger partial charge in [-0.1, -0.05) is 13.8 Å². The van der Waals surface area contributed by atoms with E-state index < -0.39 is 11.9 Å². The summed E-state index contributed by atoms with van der Waals surface area (Å²) in [6, 6.07) is 0. The van der Waals surface area contributed by atoms with Crippen LogP contribution >= 0.6 is 0 Å². The third-order valence-corrected chi connectivity index (χ3v) is 4.20. The van der Waals surface area contributed by atoms with Crippen molar-refractivity contribution in [3.63, 3.8) is 0 Å². The van der Waals surface area contributed by atoms with E-state index in [1.165, 1.54) is 17.9 Å². The standard InChI is InChI=1S/C17H29F3N6/c1-5-21-16(26-8-6-25(7-9-26)11-13(2)3)22-10-14-12-24(4)23-15(14)17(18,19)20/h12-13H,5-11H2,1-4H3,(H,21,22).